The molecule has 0 saturated heterocycles. The second-order valence-electron chi connectivity index (χ2n) is 7.20. The molecule has 3 aromatic rings. The summed E-state index contributed by atoms with van der Waals surface area (Å²) in [7, 11) is -3.93. The van der Waals surface area contributed by atoms with Crippen LogP contribution in [0.25, 0.3) is 0 Å². The molecule has 0 aliphatic rings. The number of aryl methyl sites for hydroxylation is 2. The van der Waals surface area contributed by atoms with E-state index in [0.717, 1.165) is 5.56 Å². The number of sulfonamides is 1. The molecular weight excluding hydrogens is 450 g/mol. The van der Waals surface area contributed by atoms with Crippen LogP contribution in [-0.2, 0) is 26.2 Å². The van der Waals surface area contributed by atoms with Gasteiger partial charge in [-0.05, 0) is 51.1 Å². The van der Waals surface area contributed by atoms with Crippen molar-refractivity contribution < 1.29 is 32.0 Å². The molecule has 1 atom stereocenters. The van der Waals surface area contributed by atoms with E-state index in [2.05, 4.69) is 10.5 Å². The third-order valence-electron chi connectivity index (χ3n) is 4.74. The maximum Gasteiger partial charge on any atom is 0.342 e. The van der Waals surface area contributed by atoms with Crippen LogP contribution < -0.4 is 15.2 Å². The number of rotatable bonds is 8. The fraction of sp³-hybridized carbons (Fsp3) is 0.227. The van der Waals surface area contributed by atoms with Crippen LogP contribution in [0.3, 0.4) is 0 Å². The third kappa shape index (κ3) is 5.96. The Morgan fingerprint density at radius 1 is 1.15 bits per heavy atom. The summed E-state index contributed by atoms with van der Waals surface area (Å²) in [5.74, 6) is -0.519. The highest BCUT2D eigenvalue weighted by Gasteiger charge is 2.22. The van der Waals surface area contributed by atoms with Gasteiger partial charge in [0.2, 0.25) is 10.0 Å². The van der Waals surface area contributed by atoms with Crippen LogP contribution in [0.1, 0.15) is 34.3 Å². The molecule has 1 heterocycles. The fourth-order valence-corrected chi connectivity index (χ4v) is 3.45. The van der Waals surface area contributed by atoms with E-state index in [1.165, 1.54) is 37.3 Å². The summed E-state index contributed by atoms with van der Waals surface area (Å²) < 4.78 is 39.1. The van der Waals surface area contributed by atoms with E-state index in [1.807, 2.05) is 0 Å². The fourth-order valence-electron chi connectivity index (χ4n) is 2.89. The molecule has 0 fully saturated rings. The molecule has 0 spiro atoms. The highest BCUT2D eigenvalue weighted by molar-refractivity contribution is 7.89. The second-order valence-corrected chi connectivity index (χ2v) is 8.76. The van der Waals surface area contributed by atoms with E-state index in [-0.39, 0.29) is 28.5 Å². The predicted molar refractivity (Wildman–Crippen MR) is 118 cm³/mol. The van der Waals surface area contributed by atoms with Gasteiger partial charge in [-0.3, -0.25) is 4.79 Å². The number of amides is 1. The largest absolute Gasteiger partial charge is 0.488 e. The lowest BCUT2D eigenvalue weighted by molar-refractivity contribution is -0.123. The van der Waals surface area contributed by atoms with Crippen LogP contribution in [0.5, 0.6) is 5.75 Å². The van der Waals surface area contributed by atoms with Crippen molar-refractivity contribution in [1.29, 1.82) is 0 Å². The summed E-state index contributed by atoms with van der Waals surface area (Å²) in [5.41, 5.74) is 1.79. The van der Waals surface area contributed by atoms with Crippen molar-refractivity contribution in [2.24, 2.45) is 5.14 Å². The summed E-state index contributed by atoms with van der Waals surface area (Å²) >= 11 is 0. The zero-order valence-corrected chi connectivity index (χ0v) is 19.0. The number of carbonyl (C=O) groups is 2. The first kappa shape index (κ1) is 24.0. The van der Waals surface area contributed by atoms with Crippen molar-refractivity contribution in [2.45, 2.75) is 38.4 Å². The molecule has 3 N–H and O–H groups in total. The highest BCUT2D eigenvalue weighted by atomic mass is 32.2. The van der Waals surface area contributed by atoms with Gasteiger partial charge in [0.1, 0.15) is 23.7 Å². The normalized spacial score (nSPS) is 12.1. The quantitative estimate of drug-likeness (QED) is 0.474. The number of benzene rings is 2. The minimum Gasteiger partial charge on any atom is -0.488 e. The Hall–Kier alpha value is -3.70. The molecule has 0 saturated carbocycles. The molecular formula is C22H23N3O7S. The van der Waals surface area contributed by atoms with Gasteiger partial charge >= 0.3 is 5.97 Å². The summed E-state index contributed by atoms with van der Waals surface area (Å²) in [6.07, 6.45) is -1.17. The van der Waals surface area contributed by atoms with Crippen molar-refractivity contribution in [3.63, 3.8) is 0 Å². The number of anilines is 1. The number of primary sulfonamides is 1. The van der Waals surface area contributed by atoms with E-state index in [4.69, 9.17) is 19.1 Å². The first-order valence-corrected chi connectivity index (χ1v) is 11.4. The Balaban J connectivity index is 1.67. The maximum atomic E-state index is 12.7. The number of esters is 1. The number of carbonyl (C=O) groups excluding carboxylic acids is 2. The predicted octanol–water partition coefficient (Wildman–Crippen LogP) is 2.70. The molecule has 11 heteroatoms. The van der Waals surface area contributed by atoms with Crippen molar-refractivity contribution in [1.82, 2.24) is 5.16 Å². The van der Waals surface area contributed by atoms with Crippen LogP contribution in [-0.4, -0.2) is 31.6 Å². The highest BCUT2D eigenvalue weighted by Crippen LogP contribution is 2.23. The molecule has 33 heavy (non-hydrogen) atoms. The van der Waals surface area contributed by atoms with Crippen LogP contribution in [0.2, 0.25) is 0 Å². The van der Waals surface area contributed by atoms with E-state index in [1.54, 1.807) is 32.0 Å². The molecule has 10 nitrogen and oxygen atoms in total. The van der Waals surface area contributed by atoms with Gasteiger partial charge in [0.25, 0.3) is 5.91 Å². The average Bonchev–Trinajstić information content (AvgIpc) is 3.09. The number of nitrogens with one attached hydrogen (secondary N) is 1. The van der Waals surface area contributed by atoms with Gasteiger partial charge in [-0.1, -0.05) is 23.4 Å². The molecule has 3 rings (SSSR count). The van der Waals surface area contributed by atoms with Gasteiger partial charge in [0, 0.05) is 5.69 Å². The molecule has 1 amide bonds. The van der Waals surface area contributed by atoms with Gasteiger partial charge in [-0.25, -0.2) is 18.4 Å². The minimum atomic E-state index is -3.93. The molecule has 1 unspecified atom stereocenters. The molecule has 0 aliphatic carbocycles. The summed E-state index contributed by atoms with van der Waals surface area (Å²) in [4.78, 5) is 25.0. The van der Waals surface area contributed by atoms with Gasteiger partial charge in [-0.2, -0.15) is 0 Å². The van der Waals surface area contributed by atoms with Crippen LogP contribution in [0, 0.1) is 13.8 Å². The lowest BCUT2D eigenvalue weighted by atomic mass is 10.2. The standard InChI is InChI=1S/C22H23N3O7S/c1-13-19(14(2)32-25-13)12-30-20-10-5-4-9-18(20)22(27)31-15(3)21(26)24-16-7-6-8-17(11-16)33(23,28)29/h4-11,15H,12H2,1-3H3,(H,24,26)(H2,23,28,29). The number of aromatic nitrogens is 1. The lowest BCUT2D eigenvalue weighted by Gasteiger charge is -2.15. The molecule has 2 aromatic carbocycles. The Bertz CT molecular complexity index is 1270. The third-order valence-corrected chi connectivity index (χ3v) is 5.65. The number of para-hydroxylation sites is 1. The molecule has 174 valence electrons. The minimum absolute atomic E-state index is 0.139. The number of hydrogen-bond donors (Lipinski definition) is 2. The van der Waals surface area contributed by atoms with Crippen molar-refractivity contribution in [2.75, 3.05) is 5.32 Å². The summed E-state index contributed by atoms with van der Waals surface area (Å²) in [6.45, 7) is 5.08. The van der Waals surface area contributed by atoms with Crippen LogP contribution >= 0.6 is 0 Å². The van der Waals surface area contributed by atoms with E-state index >= 15 is 0 Å². The van der Waals surface area contributed by atoms with E-state index in [9.17, 15) is 18.0 Å². The summed E-state index contributed by atoms with van der Waals surface area (Å²) in [6, 6.07) is 11.9. The molecule has 0 radical (unpaired) electrons. The zero-order chi connectivity index (χ0) is 24.2. The van der Waals surface area contributed by atoms with Crippen molar-refractivity contribution in [3.05, 3.63) is 71.1 Å². The van der Waals surface area contributed by atoms with E-state index < -0.39 is 28.0 Å². The Labute approximate surface area is 190 Å². The average molecular weight is 474 g/mol. The SMILES string of the molecule is Cc1noc(C)c1COc1ccccc1C(=O)OC(C)C(=O)Nc1cccc(S(N)(=O)=O)c1. The van der Waals surface area contributed by atoms with E-state index in [0.29, 0.717) is 11.5 Å². The topological polar surface area (TPSA) is 151 Å². The van der Waals surface area contributed by atoms with Crippen molar-refractivity contribution >= 4 is 27.6 Å². The van der Waals surface area contributed by atoms with Crippen molar-refractivity contribution in [3.8, 4) is 5.75 Å². The Morgan fingerprint density at radius 3 is 2.55 bits per heavy atom. The van der Waals surface area contributed by atoms with Crippen LogP contribution in [0.4, 0.5) is 5.69 Å². The lowest BCUT2D eigenvalue weighted by Crippen LogP contribution is -2.30. The molecule has 0 bridgehead atoms. The number of nitrogens with two attached hydrogens (primary N) is 1. The summed E-state index contributed by atoms with van der Waals surface area (Å²) in [5, 5.41) is 11.5. The number of ether oxygens (including phenoxy) is 2. The Kier molecular flexibility index (Phi) is 7.14. The Morgan fingerprint density at radius 2 is 1.88 bits per heavy atom. The van der Waals surface area contributed by atoms with Gasteiger partial charge in [0.05, 0.1) is 16.2 Å². The second kappa shape index (κ2) is 9.84. The van der Waals surface area contributed by atoms with Gasteiger partial charge in [0.15, 0.2) is 6.10 Å². The monoisotopic (exact) mass is 473 g/mol. The number of hydrogen-bond acceptors (Lipinski definition) is 8. The zero-order valence-electron chi connectivity index (χ0n) is 18.2. The molecule has 0 aliphatic heterocycles. The molecule has 1 aromatic heterocycles. The van der Waals surface area contributed by atoms with Gasteiger partial charge in [-0.15, -0.1) is 0 Å². The first-order valence-electron chi connectivity index (χ1n) is 9.84. The first-order chi connectivity index (χ1) is 15.6. The number of nitrogens with zero attached hydrogens (tertiary/aromatic N) is 1. The maximum absolute atomic E-state index is 12.7. The van der Waals surface area contributed by atoms with Crippen LogP contribution in [0.15, 0.2) is 57.9 Å². The smallest absolute Gasteiger partial charge is 0.342 e. The van der Waals surface area contributed by atoms with Gasteiger partial charge < -0.3 is 19.3 Å².